The van der Waals surface area contributed by atoms with Crippen molar-refractivity contribution in [3.8, 4) is 22.6 Å². The fraction of sp³-hybridized carbons (Fsp3) is 0.176. The van der Waals surface area contributed by atoms with E-state index in [0.29, 0.717) is 41.0 Å². The topological polar surface area (TPSA) is 98.6 Å². The molecule has 7 nitrogen and oxygen atoms in total. The molecule has 0 aliphatic carbocycles. The number of nitrogens with zero attached hydrogens (tertiary/aromatic N) is 3. The van der Waals surface area contributed by atoms with Gasteiger partial charge < -0.3 is 9.47 Å². The standard InChI is InChI=1S/C17H16N4O3S/c1-25(18,22)15-4-2-3-12(16(15)17-19-10-20-21-17)11-5-6-13-14(9-11)24-8-7-23-13/h2-6,9H,1,7-8,10H2,(H2,18,22). The number of hydrogen-bond acceptors (Lipinski definition) is 6. The van der Waals surface area contributed by atoms with Crippen molar-refractivity contribution in [1.29, 1.82) is 0 Å². The molecule has 2 heterocycles. The number of nitrogens with two attached hydrogens (primary N) is 1. The van der Waals surface area contributed by atoms with Crippen molar-refractivity contribution in [2.24, 2.45) is 20.4 Å². The lowest BCUT2D eigenvalue weighted by atomic mass is 9.98. The van der Waals surface area contributed by atoms with Gasteiger partial charge in [-0.15, -0.1) is 5.11 Å². The van der Waals surface area contributed by atoms with E-state index in [0.717, 1.165) is 11.1 Å². The monoisotopic (exact) mass is 356 g/mol. The van der Waals surface area contributed by atoms with Gasteiger partial charge in [-0.25, -0.2) is 9.20 Å². The number of aliphatic imine (C=N–C) groups is 1. The molecule has 0 saturated heterocycles. The average molecular weight is 356 g/mol. The summed E-state index contributed by atoms with van der Waals surface area (Å²) in [5.41, 5.74) is 2.23. The molecule has 0 radical (unpaired) electrons. The number of amidine groups is 1. The molecule has 128 valence electrons. The molecule has 0 amide bonds. The summed E-state index contributed by atoms with van der Waals surface area (Å²) < 4.78 is 23.7. The Bertz CT molecular complexity index is 1010. The molecule has 2 aliphatic heterocycles. The van der Waals surface area contributed by atoms with E-state index < -0.39 is 9.71 Å². The van der Waals surface area contributed by atoms with Crippen molar-refractivity contribution in [1.82, 2.24) is 0 Å². The maximum absolute atomic E-state index is 12.5. The normalized spacial score (nSPS) is 17.9. The van der Waals surface area contributed by atoms with E-state index >= 15 is 0 Å². The second kappa shape index (κ2) is 5.98. The lowest BCUT2D eigenvalue weighted by molar-refractivity contribution is 0.171. The molecule has 0 spiro atoms. The number of ether oxygens (including phenoxy) is 2. The van der Waals surface area contributed by atoms with Gasteiger partial charge in [-0.1, -0.05) is 18.2 Å². The molecule has 25 heavy (non-hydrogen) atoms. The Labute approximate surface area is 145 Å². The van der Waals surface area contributed by atoms with Gasteiger partial charge in [-0.3, -0.25) is 5.14 Å². The second-order valence-electron chi connectivity index (χ2n) is 5.63. The summed E-state index contributed by atoms with van der Waals surface area (Å²) in [7, 11) is -2.96. The van der Waals surface area contributed by atoms with Gasteiger partial charge in [0.25, 0.3) is 0 Å². The van der Waals surface area contributed by atoms with Crippen molar-refractivity contribution in [3.63, 3.8) is 0 Å². The largest absolute Gasteiger partial charge is 0.486 e. The molecule has 2 N–H and O–H groups in total. The van der Waals surface area contributed by atoms with Gasteiger partial charge in [0.05, 0.1) is 14.6 Å². The van der Waals surface area contributed by atoms with Crippen LogP contribution in [0.5, 0.6) is 11.5 Å². The Morgan fingerprint density at radius 2 is 1.92 bits per heavy atom. The zero-order valence-corrected chi connectivity index (χ0v) is 14.2. The molecule has 0 aromatic heterocycles. The van der Waals surface area contributed by atoms with Crippen LogP contribution in [0.1, 0.15) is 5.56 Å². The SMILES string of the molecule is C=S(N)(=O)c1cccc(-c2ccc3c(c2)OCCO3)c1C1=NCN=N1. The highest BCUT2D eigenvalue weighted by atomic mass is 32.2. The fourth-order valence-corrected chi connectivity index (χ4v) is 3.71. The van der Waals surface area contributed by atoms with Crippen LogP contribution in [0.3, 0.4) is 0 Å². The van der Waals surface area contributed by atoms with Crippen LogP contribution in [0.15, 0.2) is 56.5 Å². The summed E-state index contributed by atoms with van der Waals surface area (Å²) in [4.78, 5) is 4.67. The molecule has 2 aromatic rings. The van der Waals surface area contributed by atoms with Gasteiger partial charge in [-0.2, -0.15) is 5.11 Å². The summed E-state index contributed by atoms with van der Waals surface area (Å²) in [6, 6.07) is 11.0. The fourth-order valence-electron chi connectivity index (χ4n) is 2.86. The van der Waals surface area contributed by atoms with Crippen LogP contribution >= 0.6 is 0 Å². The highest BCUT2D eigenvalue weighted by Crippen LogP contribution is 2.37. The van der Waals surface area contributed by atoms with Gasteiger partial charge in [0.1, 0.15) is 13.2 Å². The first-order valence-corrected chi connectivity index (χ1v) is 9.43. The van der Waals surface area contributed by atoms with Crippen LogP contribution < -0.4 is 14.6 Å². The Kier molecular flexibility index (Phi) is 3.78. The Morgan fingerprint density at radius 1 is 1.12 bits per heavy atom. The molecular formula is C17H16N4O3S. The quantitative estimate of drug-likeness (QED) is 0.854. The minimum absolute atomic E-state index is 0.243. The first-order chi connectivity index (χ1) is 12.0. The van der Waals surface area contributed by atoms with Gasteiger partial charge in [0.2, 0.25) is 0 Å². The van der Waals surface area contributed by atoms with Gasteiger partial charge in [-0.05, 0) is 35.2 Å². The number of hydrogen-bond donors (Lipinski definition) is 1. The van der Waals surface area contributed by atoms with E-state index in [-0.39, 0.29) is 6.67 Å². The summed E-state index contributed by atoms with van der Waals surface area (Å²) in [6.07, 6.45) is 0. The third kappa shape index (κ3) is 2.90. The van der Waals surface area contributed by atoms with Gasteiger partial charge >= 0.3 is 0 Å². The van der Waals surface area contributed by atoms with Crippen LogP contribution in [0.25, 0.3) is 11.1 Å². The van der Waals surface area contributed by atoms with Gasteiger partial charge in [0.15, 0.2) is 24.0 Å². The lowest BCUT2D eigenvalue weighted by Crippen LogP contribution is -2.17. The van der Waals surface area contributed by atoms with E-state index in [4.69, 9.17) is 14.6 Å². The first-order valence-electron chi connectivity index (χ1n) is 7.64. The van der Waals surface area contributed by atoms with Gasteiger partial charge in [0, 0.05) is 5.56 Å². The molecule has 1 atom stereocenters. The molecule has 1 unspecified atom stereocenters. The molecule has 0 saturated carbocycles. The predicted octanol–water partition coefficient (Wildman–Crippen LogP) is 2.24. The predicted molar refractivity (Wildman–Crippen MR) is 96.8 cm³/mol. The van der Waals surface area contributed by atoms with E-state index in [1.807, 2.05) is 24.3 Å². The van der Waals surface area contributed by atoms with Crippen molar-refractivity contribution >= 4 is 21.4 Å². The van der Waals surface area contributed by atoms with Crippen LogP contribution in [0.2, 0.25) is 0 Å². The zero-order chi connectivity index (χ0) is 17.4. The third-order valence-electron chi connectivity index (χ3n) is 3.92. The zero-order valence-electron chi connectivity index (χ0n) is 13.3. The van der Waals surface area contributed by atoms with Crippen LogP contribution in [-0.2, 0) is 9.71 Å². The van der Waals surface area contributed by atoms with Crippen LogP contribution in [-0.4, -0.2) is 35.8 Å². The maximum Gasteiger partial charge on any atom is 0.180 e. The van der Waals surface area contributed by atoms with E-state index in [1.54, 1.807) is 12.1 Å². The number of fused-ring (bicyclic) bond motifs is 1. The molecule has 4 rings (SSSR count). The molecular weight excluding hydrogens is 340 g/mol. The minimum atomic E-state index is -2.96. The highest BCUT2D eigenvalue weighted by Gasteiger charge is 2.22. The van der Waals surface area contributed by atoms with Crippen molar-refractivity contribution in [2.75, 3.05) is 19.9 Å². The second-order valence-corrected chi connectivity index (χ2v) is 7.52. The minimum Gasteiger partial charge on any atom is -0.486 e. The molecule has 2 aliphatic rings. The molecule has 8 heteroatoms. The number of rotatable bonds is 3. The highest BCUT2D eigenvalue weighted by molar-refractivity contribution is 7.98. The summed E-state index contributed by atoms with van der Waals surface area (Å²) in [5.74, 6) is 5.38. The van der Waals surface area contributed by atoms with Crippen LogP contribution in [0, 0.1) is 0 Å². The molecule has 2 aromatic carbocycles. The van der Waals surface area contributed by atoms with Crippen LogP contribution in [0.4, 0.5) is 0 Å². The Balaban J connectivity index is 1.95. The first kappa shape index (κ1) is 15.8. The third-order valence-corrected chi connectivity index (χ3v) is 5.01. The summed E-state index contributed by atoms with van der Waals surface area (Å²) in [5, 5.41) is 13.8. The number of benzene rings is 2. The van der Waals surface area contributed by atoms with Crippen molar-refractivity contribution in [2.45, 2.75) is 4.90 Å². The van der Waals surface area contributed by atoms with E-state index in [1.165, 1.54) is 0 Å². The van der Waals surface area contributed by atoms with E-state index in [9.17, 15) is 4.21 Å². The molecule has 0 fully saturated rings. The molecule has 0 bridgehead atoms. The Morgan fingerprint density at radius 3 is 2.64 bits per heavy atom. The van der Waals surface area contributed by atoms with Crippen molar-refractivity contribution in [3.05, 3.63) is 42.0 Å². The van der Waals surface area contributed by atoms with Crippen molar-refractivity contribution < 1.29 is 13.7 Å². The lowest BCUT2D eigenvalue weighted by Gasteiger charge is -2.20. The average Bonchev–Trinajstić information content (AvgIpc) is 3.14. The summed E-state index contributed by atoms with van der Waals surface area (Å²) in [6.45, 7) is 1.27. The van der Waals surface area contributed by atoms with E-state index in [2.05, 4.69) is 21.1 Å². The maximum atomic E-state index is 12.5. The smallest absolute Gasteiger partial charge is 0.180 e. The Hall–Kier alpha value is -2.71. The number of azo groups is 1. The summed E-state index contributed by atoms with van der Waals surface area (Å²) >= 11 is 0.